The molecule has 0 saturated heterocycles. The van der Waals surface area contributed by atoms with E-state index in [1.807, 2.05) is 54.6 Å². The first kappa shape index (κ1) is 22.6. The molecule has 3 aromatic carbocycles. The topological polar surface area (TPSA) is 89.6 Å². The van der Waals surface area contributed by atoms with Crippen molar-refractivity contribution in [1.82, 2.24) is 4.98 Å². The number of thiazole rings is 1. The number of rotatable bonds is 7. The molecule has 174 valence electrons. The van der Waals surface area contributed by atoms with Crippen molar-refractivity contribution in [2.75, 3.05) is 7.11 Å². The molecule has 0 atom stereocenters. The number of carbonyl (C=O) groups is 1. The highest BCUT2D eigenvalue weighted by atomic mass is 32.1. The van der Waals surface area contributed by atoms with Crippen molar-refractivity contribution in [3.05, 3.63) is 105 Å². The molecular formula is C28H21NO5S. The maximum Gasteiger partial charge on any atom is 0.346 e. The Morgan fingerprint density at radius 1 is 1.00 bits per heavy atom. The van der Waals surface area contributed by atoms with E-state index in [0.717, 1.165) is 17.5 Å². The van der Waals surface area contributed by atoms with Crippen LogP contribution < -0.4 is 10.4 Å². The number of ether oxygens (including phenoxy) is 1. The maximum absolute atomic E-state index is 12.8. The molecule has 2 heterocycles. The van der Waals surface area contributed by atoms with Gasteiger partial charge in [-0.3, -0.25) is 4.79 Å². The highest BCUT2D eigenvalue weighted by Gasteiger charge is 2.20. The van der Waals surface area contributed by atoms with Crippen molar-refractivity contribution in [1.29, 1.82) is 0 Å². The highest BCUT2D eigenvalue weighted by Crippen LogP contribution is 2.35. The van der Waals surface area contributed by atoms with Crippen molar-refractivity contribution in [2.45, 2.75) is 12.8 Å². The Bertz CT molecular complexity index is 1570. The summed E-state index contributed by atoms with van der Waals surface area (Å²) in [5, 5.41) is 10.6. The lowest BCUT2D eigenvalue weighted by Gasteiger charge is -2.05. The van der Waals surface area contributed by atoms with E-state index in [1.165, 1.54) is 24.0 Å². The van der Waals surface area contributed by atoms with Crippen LogP contribution in [0.3, 0.4) is 0 Å². The van der Waals surface area contributed by atoms with Gasteiger partial charge in [-0.15, -0.1) is 11.3 Å². The molecule has 1 N–H and O–H groups in total. The predicted octanol–water partition coefficient (Wildman–Crippen LogP) is 5.81. The number of benzene rings is 3. The average Bonchev–Trinajstić information content (AvgIpc) is 3.27. The second-order valence-electron chi connectivity index (χ2n) is 8.05. The van der Waals surface area contributed by atoms with Crippen LogP contribution in [-0.4, -0.2) is 23.2 Å². The van der Waals surface area contributed by atoms with Crippen LogP contribution >= 0.6 is 11.3 Å². The van der Waals surface area contributed by atoms with E-state index in [9.17, 15) is 14.7 Å². The molecule has 0 amide bonds. The van der Waals surface area contributed by atoms with Crippen LogP contribution in [0.5, 0.6) is 5.75 Å². The SMILES string of the molecule is COc1cccc2cc(-c3nc(-c4ccc(Cc5ccccc5)cc4)c(CC(=O)O)s3)c(=O)oc12. The number of methoxy groups -OCH3 is 1. The normalized spacial score (nSPS) is 11.0. The number of carboxylic acid groups (broad SMARTS) is 1. The number of aromatic nitrogens is 1. The van der Waals surface area contributed by atoms with Gasteiger partial charge in [0.25, 0.3) is 0 Å². The fraction of sp³-hybridized carbons (Fsp3) is 0.107. The molecule has 35 heavy (non-hydrogen) atoms. The van der Waals surface area contributed by atoms with Crippen molar-refractivity contribution in [3.8, 4) is 27.6 Å². The fourth-order valence-corrected chi connectivity index (χ4v) is 5.07. The van der Waals surface area contributed by atoms with Crippen LogP contribution in [-0.2, 0) is 17.6 Å². The Balaban J connectivity index is 1.54. The molecule has 5 rings (SSSR count). The third-order valence-electron chi connectivity index (χ3n) is 5.66. The zero-order chi connectivity index (χ0) is 24.4. The molecule has 0 aliphatic carbocycles. The summed E-state index contributed by atoms with van der Waals surface area (Å²) in [6, 6.07) is 25.1. The minimum absolute atomic E-state index is 0.189. The van der Waals surface area contributed by atoms with Gasteiger partial charge in [0.05, 0.1) is 24.8 Å². The number of carboxylic acids is 1. The molecule has 0 spiro atoms. The number of fused-ring (bicyclic) bond motifs is 1. The lowest BCUT2D eigenvalue weighted by Crippen LogP contribution is -2.03. The first-order valence-corrected chi connectivity index (χ1v) is 11.8. The largest absolute Gasteiger partial charge is 0.493 e. The summed E-state index contributed by atoms with van der Waals surface area (Å²) in [6.45, 7) is 0. The van der Waals surface area contributed by atoms with Crippen LogP contribution in [0.15, 0.2) is 88.1 Å². The summed E-state index contributed by atoms with van der Waals surface area (Å²) >= 11 is 1.19. The van der Waals surface area contributed by atoms with Crippen LogP contribution in [0, 0.1) is 0 Å². The van der Waals surface area contributed by atoms with Gasteiger partial charge in [-0.05, 0) is 29.7 Å². The van der Waals surface area contributed by atoms with Crippen molar-refractivity contribution < 1.29 is 19.1 Å². The second kappa shape index (κ2) is 9.56. The first-order valence-electron chi connectivity index (χ1n) is 11.0. The summed E-state index contributed by atoms with van der Waals surface area (Å²) in [5.74, 6) is -0.495. The Labute approximate surface area is 205 Å². The van der Waals surface area contributed by atoms with Crippen LogP contribution in [0.25, 0.3) is 32.8 Å². The molecule has 0 aliphatic rings. The summed E-state index contributed by atoms with van der Waals surface area (Å²) in [5.41, 5.74) is 3.80. The van der Waals surface area contributed by atoms with Gasteiger partial charge in [-0.1, -0.05) is 66.7 Å². The molecule has 0 radical (unpaired) electrons. The van der Waals surface area contributed by atoms with Gasteiger partial charge < -0.3 is 14.3 Å². The van der Waals surface area contributed by atoms with Gasteiger partial charge in [-0.25, -0.2) is 9.78 Å². The van der Waals surface area contributed by atoms with E-state index in [4.69, 9.17) is 14.1 Å². The molecule has 0 aliphatic heterocycles. The number of aliphatic carboxylic acids is 1. The van der Waals surface area contributed by atoms with Gasteiger partial charge in [-0.2, -0.15) is 0 Å². The van der Waals surface area contributed by atoms with Crippen molar-refractivity contribution in [3.63, 3.8) is 0 Å². The zero-order valence-corrected chi connectivity index (χ0v) is 19.7. The zero-order valence-electron chi connectivity index (χ0n) is 18.9. The molecule has 0 fully saturated rings. The molecule has 0 unspecified atom stereocenters. The minimum atomic E-state index is -0.961. The van der Waals surface area contributed by atoms with E-state index in [-0.39, 0.29) is 12.0 Å². The summed E-state index contributed by atoms with van der Waals surface area (Å²) in [4.78, 5) is 29.6. The number of hydrogen-bond acceptors (Lipinski definition) is 6. The first-order chi connectivity index (χ1) is 17.0. The van der Waals surface area contributed by atoms with Gasteiger partial charge in [0.2, 0.25) is 0 Å². The predicted molar refractivity (Wildman–Crippen MR) is 136 cm³/mol. The minimum Gasteiger partial charge on any atom is -0.493 e. The van der Waals surface area contributed by atoms with E-state index in [1.54, 1.807) is 12.1 Å². The highest BCUT2D eigenvalue weighted by molar-refractivity contribution is 7.15. The van der Waals surface area contributed by atoms with E-state index >= 15 is 0 Å². The third-order valence-corrected chi connectivity index (χ3v) is 6.75. The standard InChI is InChI=1S/C28H21NO5S/c1-33-22-9-5-8-20-15-21(28(32)34-26(20)22)27-29-25(23(35-27)16-24(30)31)19-12-10-18(11-13-19)14-17-6-3-2-4-7-17/h2-13,15H,14,16H2,1H3,(H,30,31). The van der Waals surface area contributed by atoms with Crippen LogP contribution in [0.4, 0.5) is 0 Å². The molecular weight excluding hydrogens is 462 g/mol. The third kappa shape index (κ3) is 4.72. The quantitative estimate of drug-likeness (QED) is 0.294. The Kier molecular flexibility index (Phi) is 6.16. The van der Waals surface area contributed by atoms with E-state index in [2.05, 4.69) is 12.1 Å². The van der Waals surface area contributed by atoms with E-state index < -0.39 is 11.6 Å². The maximum atomic E-state index is 12.8. The number of para-hydroxylation sites is 1. The lowest BCUT2D eigenvalue weighted by atomic mass is 10.0. The molecule has 7 heteroatoms. The van der Waals surface area contributed by atoms with Crippen molar-refractivity contribution in [2.24, 2.45) is 0 Å². The number of hydrogen-bond donors (Lipinski definition) is 1. The van der Waals surface area contributed by atoms with Gasteiger partial charge >= 0.3 is 11.6 Å². The number of nitrogens with zero attached hydrogens (tertiary/aromatic N) is 1. The molecule has 2 aromatic heterocycles. The van der Waals surface area contributed by atoms with Crippen LogP contribution in [0.2, 0.25) is 0 Å². The second-order valence-corrected chi connectivity index (χ2v) is 9.13. The van der Waals surface area contributed by atoms with Crippen molar-refractivity contribution >= 4 is 28.3 Å². The average molecular weight is 484 g/mol. The smallest absolute Gasteiger partial charge is 0.346 e. The van der Waals surface area contributed by atoms with Gasteiger partial charge in [0, 0.05) is 15.8 Å². The monoisotopic (exact) mass is 483 g/mol. The Hall–Kier alpha value is -4.23. The molecule has 5 aromatic rings. The fourth-order valence-electron chi connectivity index (χ4n) is 3.99. The summed E-state index contributed by atoms with van der Waals surface area (Å²) in [7, 11) is 1.51. The van der Waals surface area contributed by atoms with Crippen LogP contribution in [0.1, 0.15) is 16.0 Å². The lowest BCUT2D eigenvalue weighted by molar-refractivity contribution is -0.136. The molecule has 0 saturated carbocycles. The molecule has 6 nitrogen and oxygen atoms in total. The van der Waals surface area contributed by atoms with E-state index in [0.29, 0.717) is 32.3 Å². The Morgan fingerprint density at radius 3 is 2.46 bits per heavy atom. The molecule has 0 bridgehead atoms. The van der Waals surface area contributed by atoms with Gasteiger partial charge in [0.1, 0.15) is 5.01 Å². The summed E-state index contributed by atoms with van der Waals surface area (Å²) in [6.07, 6.45) is 0.610. The Morgan fingerprint density at radius 2 is 1.74 bits per heavy atom. The van der Waals surface area contributed by atoms with Gasteiger partial charge in [0.15, 0.2) is 11.3 Å². The summed E-state index contributed by atoms with van der Waals surface area (Å²) < 4.78 is 10.8.